The average Bonchev–Trinajstić information content (AvgIpc) is 3.67. The molecule has 2 aromatic carbocycles. The summed E-state index contributed by atoms with van der Waals surface area (Å²) in [5.41, 5.74) is 7.41. The summed E-state index contributed by atoms with van der Waals surface area (Å²) < 4.78 is 13.5. The molecule has 0 saturated carbocycles. The molecule has 9 heteroatoms. The van der Waals surface area contributed by atoms with Gasteiger partial charge in [-0.1, -0.05) is 31.5 Å². The van der Waals surface area contributed by atoms with Crippen LogP contribution in [-0.4, -0.2) is 34.5 Å². The van der Waals surface area contributed by atoms with E-state index in [-0.39, 0.29) is 18.9 Å². The van der Waals surface area contributed by atoms with E-state index in [9.17, 15) is 0 Å². The van der Waals surface area contributed by atoms with Gasteiger partial charge in [-0.3, -0.25) is 4.98 Å². The number of halogens is 1. The summed E-state index contributed by atoms with van der Waals surface area (Å²) in [6, 6.07) is 20.5. The standard InChI is InChI=1S/C34H36ClN5O2S/c1-20-13-21(2)18-38(17-20)29-10-8-24(15-27(29)35)40-33(32(37-34(40)43)28-7-5-6-12-36-28)26-14-22(3)39(23(26)4)25-9-11-30-31(16-25)42-19-41-30/h5-12,14-16,20-21,32-33H,13,17-19H2,1-4H3,(H,37,43)/t20-,21+,32-,33+/m0/s1. The van der Waals surface area contributed by atoms with E-state index >= 15 is 0 Å². The molecular weight excluding hydrogens is 578 g/mol. The molecule has 43 heavy (non-hydrogen) atoms. The molecule has 0 spiro atoms. The number of aryl methyl sites for hydroxylation is 1. The molecule has 1 N–H and O–H groups in total. The molecule has 0 unspecified atom stereocenters. The van der Waals surface area contributed by atoms with Crippen molar-refractivity contribution in [1.29, 1.82) is 0 Å². The third kappa shape index (κ3) is 5.00. The van der Waals surface area contributed by atoms with Gasteiger partial charge in [0.25, 0.3) is 0 Å². The maximum absolute atomic E-state index is 7.05. The van der Waals surface area contributed by atoms with Gasteiger partial charge < -0.3 is 29.2 Å². The van der Waals surface area contributed by atoms with E-state index in [2.05, 4.69) is 83.8 Å². The van der Waals surface area contributed by atoms with E-state index in [0.717, 1.165) is 69.3 Å². The first-order chi connectivity index (χ1) is 20.8. The topological polar surface area (TPSA) is 54.8 Å². The van der Waals surface area contributed by atoms with Gasteiger partial charge in [0.05, 0.1) is 28.5 Å². The third-order valence-corrected chi connectivity index (χ3v) is 9.54. The first-order valence-electron chi connectivity index (χ1n) is 14.9. The van der Waals surface area contributed by atoms with Crippen molar-refractivity contribution < 1.29 is 9.47 Å². The zero-order valence-corrected chi connectivity index (χ0v) is 26.5. The van der Waals surface area contributed by atoms with Gasteiger partial charge in [-0.2, -0.15) is 0 Å². The Bertz CT molecular complexity index is 1680. The van der Waals surface area contributed by atoms with Crippen LogP contribution in [0.2, 0.25) is 5.02 Å². The lowest BCUT2D eigenvalue weighted by molar-refractivity contribution is 0.174. The zero-order valence-electron chi connectivity index (χ0n) is 24.9. The summed E-state index contributed by atoms with van der Waals surface area (Å²) in [5.74, 6) is 2.80. The van der Waals surface area contributed by atoms with Crippen LogP contribution in [0.5, 0.6) is 11.5 Å². The summed E-state index contributed by atoms with van der Waals surface area (Å²) >= 11 is 13.1. The molecule has 7 rings (SSSR count). The van der Waals surface area contributed by atoms with Crippen molar-refractivity contribution in [2.75, 3.05) is 29.7 Å². The van der Waals surface area contributed by atoms with Gasteiger partial charge in [-0.25, -0.2) is 0 Å². The number of rotatable bonds is 5. The Morgan fingerprint density at radius 1 is 0.930 bits per heavy atom. The van der Waals surface area contributed by atoms with E-state index in [1.54, 1.807) is 0 Å². The van der Waals surface area contributed by atoms with Crippen LogP contribution in [0.1, 0.15) is 55.0 Å². The Morgan fingerprint density at radius 2 is 1.70 bits per heavy atom. The van der Waals surface area contributed by atoms with Crippen molar-refractivity contribution >= 4 is 40.3 Å². The van der Waals surface area contributed by atoms with Crippen LogP contribution in [-0.2, 0) is 0 Å². The summed E-state index contributed by atoms with van der Waals surface area (Å²) in [4.78, 5) is 9.38. The second-order valence-corrected chi connectivity index (χ2v) is 13.0. The molecule has 0 aliphatic carbocycles. The molecule has 5 heterocycles. The van der Waals surface area contributed by atoms with Crippen molar-refractivity contribution in [1.82, 2.24) is 14.9 Å². The van der Waals surface area contributed by atoms with Crippen LogP contribution < -0.4 is 24.6 Å². The molecule has 222 valence electrons. The number of nitrogens with zero attached hydrogens (tertiary/aromatic N) is 4. The van der Waals surface area contributed by atoms with Gasteiger partial charge in [0, 0.05) is 48.1 Å². The molecular formula is C34H36ClN5O2S. The number of aromatic nitrogens is 2. The molecule has 2 aromatic heterocycles. The lowest BCUT2D eigenvalue weighted by atomic mass is 9.91. The summed E-state index contributed by atoms with van der Waals surface area (Å²) in [6.45, 7) is 11.2. The lowest BCUT2D eigenvalue weighted by Crippen LogP contribution is -2.38. The highest BCUT2D eigenvalue weighted by molar-refractivity contribution is 7.80. The molecule has 3 aliphatic rings. The fourth-order valence-corrected chi connectivity index (χ4v) is 7.86. The highest BCUT2D eigenvalue weighted by Gasteiger charge is 2.42. The van der Waals surface area contributed by atoms with Gasteiger partial charge in [0.15, 0.2) is 16.6 Å². The van der Waals surface area contributed by atoms with Crippen LogP contribution >= 0.6 is 23.8 Å². The third-order valence-electron chi connectivity index (χ3n) is 8.92. The smallest absolute Gasteiger partial charge is 0.231 e. The number of benzene rings is 2. The Hall–Kier alpha value is -3.75. The molecule has 4 atom stereocenters. The van der Waals surface area contributed by atoms with Crippen molar-refractivity contribution in [3.05, 3.63) is 94.5 Å². The summed E-state index contributed by atoms with van der Waals surface area (Å²) in [5, 5.41) is 5.00. The van der Waals surface area contributed by atoms with Crippen molar-refractivity contribution in [2.24, 2.45) is 11.8 Å². The minimum Gasteiger partial charge on any atom is -0.454 e. The highest BCUT2D eigenvalue weighted by atomic mass is 35.5. The van der Waals surface area contributed by atoms with Crippen molar-refractivity contribution in [3.63, 3.8) is 0 Å². The Morgan fingerprint density at radius 3 is 2.44 bits per heavy atom. The number of nitrogens with one attached hydrogen (secondary N) is 1. The number of piperidine rings is 1. The SMILES string of the molecule is Cc1cc([C@@H]2[C@H](c3ccccn3)NC(=S)N2c2ccc(N3C[C@H](C)C[C@H](C)C3)c(Cl)c2)c(C)n1-c1ccc2c(c1)OCO2. The fourth-order valence-electron chi connectivity index (χ4n) is 7.22. The number of pyridine rings is 1. The number of ether oxygens (including phenoxy) is 2. The van der Waals surface area contributed by atoms with Crippen LogP contribution in [0.3, 0.4) is 0 Å². The van der Waals surface area contributed by atoms with E-state index in [1.807, 2.05) is 30.5 Å². The minimum absolute atomic E-state index is 0.145. The Kier molecular flexibility index (Phi) is 7.22. The molecule has 4 aromatic rings. The van der Waals surface area contributed by atoms with Crippen molar-refractivity contribution in [2.45, 2.75) is 46.2 Å². The monoisotopic (exact) mass is 613 g/mol. The second kappa shape index (κ2) is 11.1. The maximum atomic E-state index is 7.05. The number of fused-ring (bicyclic) bond motifs is 1. The number of thiocarbonyl (C=S) groups is 1. The molecule has 0 amide bonds. The molecule has 0 bridgehead atoms. The second-order valence-electron chi connectivity index (χ2n) is 12.2. The van der Waals surface area contributed by atoms with Gasteiger partial charge >= 0.3 is 0 Å². The zero-order chi connectivity index (χ0) is 29.8. The first kappa shape index (κ1) is 28.0. The van der Waals surface area contributed by atoms with Crippen molar-refractivity contribution in [3.8, 4) is 17.2 Å². The van der Waals surface area contributed by atoms with Gasteiger partial charge in [0.2, 0.25) is 6.79 Å². The molecule has 2 fully saturated rings. The number of hydrogen-bond donors (Lipinski definition) is 1. The molecule has 3 aliphatic heterocycles. The normalized spacial score (nSPS) is 23.1. The predicted molar refractivity (Wildman–Crippen MR) is 176 cm³/mol. The van der Waals surface area contributed by atoms with Crippen LogP contribution in [0.4, 0.5) is 11.4 Å². The molecule has 0 radical (unpaired) electrons. The minimum atomic E-state index is -0.151. The first-order valence-corrected chi connectivity index (χ1v) is 15.7. The fraction of sp³-hybridized carbons (Fsp3) is 0.353. The van der Waals surface area contributed by atoms with Crippen LogP contribution in [0, 0.1) is 25.7 Å². The van der Waals surface area contributed by atoms with Crippen LogP contribution in [0.15, 0.2) is 66.9 Å². The maximum Gasteiger partial charge on any atom is 0.231 e. The Balaban J connectivity index is 1.31. The highest BCUT2D eigenvalue weighted by Crippen LogP contribution is 2.46. The van der Waals surface area contributed by atoms with E-state index in [1.165, 1.54) is 6.42 Å². The van der Waals surface area contributed by atoms with E-state index in [4.69, 9.17) is 38.3 Å². The average molecular weight is 614 g/mol. The molecule has 7 nitrogen and oxygen atoms in total. The lowest BCUT2D eigenvalue weighted by Gasteiger charge is -2.37. The van der Waals surface area contributed by atoms with E-state index in [0.29, 0.717) is 16.9 Å². The van der Waals surface area contributed by atoms with E-state index < -0.39 is 0 Å². The quantitative estimate of drug-likeness (QED) is 0.234. The number of anilines is 2. The van der Waals surface area contributed by atoms with Crippen LogP contribution in [0.25, 0.3) is 5.69 Å². The number of hydrogen-bond acceptors (Lipinski definition) is 5. The summed E-state index contributed by atoms with van der Waals surface area (Å²) in [7, 11) is 0. The van der Waals surface area contributed by atoms with Gasteiger partial charge in [0.1, 0.15) is 0 Å². The van der Waals surface area contributed by atoms with Gasteiger partial charge in [-0.15, -0.1) is 0 Å². The predicted octanol–water partition coefficient (Wildman–Crippen LogP) is 7.53. The summed E-state index contributed by atoms with van der Waals surface area (Å²) in [6.07, 6.45) is 3.09. The molecule has 2 saturated heterocycles. The largest absolute Gasteiger partial charge is 0.454 e. The Labute approximate surface area is 263 Å². The van der Waals surface area contributed by atoms with Gasteiger partial charge in [-0.05, 0) is 98.4 Å².